The zero-order valence-electron chi connectivity index (χ0n) is 15.6. The molecule has 0 spiro atoms. The first-order valence-electron chi connectivity index (χ1n) is 8.59. The third kappa shape index (κ3) is 5.66. The van der Waals surface area contributed by atoms with Crippen LogP contribution in [-0.2, 0) is 9.59 Å². The first-order valence-corrected chi connectivity index (χ1v) is 8.59. The Morgan fingerprint density at radius 2 is 1.96 bits per heavy atom. The molecule has 8 heteroatoms. The van der Waals surface area contributed by atoms with Gasteiger partial charge in [0.05, 0.1) is 17.7 Å². The lowest BCUT2D eigenvalue weighted by Crippen LogP contribution is -2.36. The first kappa shape index (κ1) is 20.6. The van der Waals surface area contributed by atoms with E-state index in [-0.39, 0.29) is 24.0 Å². The number of nitro groups is 1. The predicted molar refractivity (Wildman–Crippen MR) is 106 cm³/mol. The molecule has 1 N–H and O–H groups in total. The molecule has 0 aromatic heterocycles. The standard InChI is InChI=1S/C20H21N3O5/c1-3-22(14-19(24)21-17-9-4-5-10-18(17)28-2)20(25)12-11-15-7-6-8-16(13-15)23(26)27/h4-13H,3,14H2,1-2H3,(H,21,24). The Balaban J connectivity index is 2.02. The van der Waals surface area contributed by atoms with E-state index in [9.17, 15) is 19.7 Å². The van der Waals surface area contributed by atoms with E-state index in [4.69, 9.17) is 4.74 Å². The Labute approximate surface area is 162 Å². The fourth-order valence-electron chi connectivity index (χ4n) is 2.47. The largest absolute Gasteiger partial charge is 0.495 e. The molecule has 28 heavy (non-hydrogen) atoms. The fourth-order valence-corrected chi connectivity index (χ4v) is 2.47. The molecule has 2 rings (SSSR count). The normalized spacial score (nSPS) is 10.5. The van der Waals surface area contributed by atoms with Gasteiger partial charge in [-0.05, 0) is 30.7 Å². The maximum absolute atomic E-state index is 12.4. The number of hydrogen-bond donors (Lipinski definition) is 1. The Kier molecular flexibility index (Phi) is 7.27. The summed E-state index contributed by atoms with van der Waals surface area (Å²) < 4.78 is 5.18. The number of benzene rings is 2. The van der Waals surface area contributed by atoms with Gasteiger partial charge in [-0.25, -0.2) is 0 Å². The van der Waals surface area contributed by atoms with Crippen LogP contribution in [0, 0.1) is 10.1 Å². The molecule has 0 aliphatic rings. The lowest BCUT2D eigenvalue weighted by Gasteiger charge is -2.19. The lowest BCUT2D eigenvalue weighted by atomic mass is 10.2. The Hall–Kier alpha value is -3.68. The van der Waals surface area contributed by atoms with Gasteiger partial charge in [-0.1, -0.05) is 24.3 Å². The second-order valence-corrected chi connectivity index (χ2v) is 5.79. The van der Waals surface area contributed by atoms with Gasteiger partial charge in [0.15, 0.2) is 0 Å². The monoisotopic (exact) mass is 383 g/mol. The average molecular weight is 383 g/mol. The van der Waals surface area contributed by atoms with Crippen LogP contribution < -0.4 is 10.1 Å². The molecule has 0 aliphatic carbocycles. The van der Waals surface area contributed by atoms with E-state index in [1.54, 1.807) is 43.3 Å². The average Bonchev–Trinajstić information content (AvgIpc) is 2.70. The van der Waals surface area contributed by atoms with E-state index in [0.29, 0.717) is 23.5 Å². The number of anilines is 1. The van der Waals surface area contributed by atoms with Gasteiger partial charge in [0.1, 0.15) is 12.3 Å². The number of non-ortho nitro benzene ring substituents is 1. The molecular formula is C20H21N3O5. The molecule has 8 nitrogen and oxygen atoms in total. The van der Waals surface area contributed by atoms with Gasteiger partial charge in [-0.15, -0.1) is 0 Å². The second-order valence-electron chi connectivity index (χ2n) is 5.79. The number of methoxy groups -OCH3 is 1. The summed E-state index contributed by atoms with van der Waals surface area (Å²) in [6, 6.07) is 12.9. The van der Waals surface area contributed by atoms with Gasteiger partial charge < -0.3 is 15.0 Å². The molecule has 0 saturated carbocycles. The molecule has 146 valence electrons. The van der Waals surface area contributed by atoms with Crippen molar-refractivity contribution in [1.82, 2.24) is 4.90 Å². The summed E-state index contributed by atoms with van der Waals surface area (Å²) >= 11 is 0. The smallest absolute Gasteiger partial charge is 0.270 e. The van der Waals surface area contributed by atoms with Crippen molar-refractivity contribution in [3.05, 3.63) is 70.3 Å². The third-order valence-electron chi connectivity index (χ3n) is 3.91. The lowest BCUT2D eigenvalue weighted by molar-refractivity contribution is -0.384. The summed E-state index contributed by atoms with van der Waals surface area (Å²) in [5.74, 6) is -0.205. The Morgan fingerprint density at radius 3 is 2.64 bits per heavy atom. The molecule has 2 amide bonds. The van der Waals surface area contributed by atoms with Crippen molar-refractivity contribution < 1.29 is 19.2 Å². The van der Waals surface area contributed by atoms with Crippen molar-refractivity contribution in [2.75, 3.05) is 25.5 Å². The van der Waals surface area contributed by atoms with Crippen molar-refractivity contribution >= 4 is 29.3 Å². The predicted octanol–water partition coefficient (Wildman–Crippen LogP) is 3.10. The second kappa shape index (κ2) is 9.86. The van der Waals surface area contributed by atoms with Crippen LogP contribution in [-0.4, -0.2) is 41.8 Å². The highest BCUT2D eigenvalue weighted by atomic mass is 16.6. The van der Waals surface area contributed by atoms with Gasteiger partial charge in [0.25, 0.3) is 5.69 Å². The minimum atomic E-state index is -0.500. The number of nitrogens with one attached hydrogen (secondary N) is 1. The number of rotatable bonds is 8. The maximum atomic E-state index is 12.4. The van der Waals surface area contributed by atoms with E-state index in [1.807, 2.05) is 0 Å². The first-order chi connectivity index (χ1) is 13.4. The highest BCUT2D eigenvalue weighted by Gasteiger charge is 2.15. The minimum absolute atomic E-state index is 0.0573. The molecule has 0 saturated heterocycles. The zero-order chi connectivity index (χ0) is 20.5. The quantitative estimate of drug-likeness (QED) is 0.429. The molecule has 0 bridgehead atoms. The minimum Gasteiger partial charge on any atom is -0.495 e. The summed E-state index contributed by atoms with van der Waals surface area (Å²) in [5, 5.41) is 13.5. The summed E-state index contributed by atoms with van der Waals surface area (Å²) in [6.07, 6.45) is 2.77. The van der Waals surface area contributed by atoms with Crippen LogP contribution in [0.25, 0.3) is 6.08 Å². The number of likely N-dealkylation sites (N-methyl/N-ethyl adjacent to an activating group) is 1. The van der Waals surface area contributed by atoms with Crippen LogP contribution in [0.3, 0.4) is 0 Å². The van der Waals surface area contributed by atoms with Crippen LogP contribution in [0.5, 0.6) is 5.75 Å². The Bertz CT molecular complexity index is 895. The van der Waals surface area contributed by atoms with Crippen molar-refractivity contribution in [3.63, 3.8) is 0 Å². The van der Waals surface area contributed by atoms with Crippen molar-refractivity contribution in [2.24, 2.45) is 0 Å². The summed E-state index contributed by atoms with van der Waals surface area (Å²) in [4.78, 5) is 36.3. The van der Waals surface area contributed by atoms with Crippen LogP contribution in [0.4, 0.5) is 11.4 Å². The number of carbonyl (C=O) groups is 2. The van der Waals surface area contributed by atoms with Crippen LogP contribution in [0.15, 0.2) is 54.6 Å². The van der Waals surface area contributed by atoms with Crippen molar-refractivity contribution in [3.8, 4) is 5.75 Å². The number of nitro benzene ring substituents is 1. The number of hydrogen-bond acceptors (Lipinski definition) is 5. The van der Waals surface area contributed by atoms with E-state index < -0.39 is 4.92 Å². The van der Waals surface area contributed by atoms with Crippen LogP contribution >= 0.6 is 0 Å². The topological polar surface area (TPSA) is 102 Å². The number of ether oxygens (including phenoxy) is 1. The fraction of sp³-hybridized carbons (Fsp3) is 0.200. The van der Waals surface area contributed by atoms with E-state index in [1.165, 1.54) is 36.3 Å². The molecule has 0 aliphatic heterocycles. The molecule has 0 heterocycles. The summed E-state index contributed by atoms with van der Waals surface area (Å²) in [6.45, 7) is 1.96. The van der Waals surface area contributed by atoms with E-state index in [2.05, 4.69) is 5.32 Å². The van der Waals surface area contributed by atoms with Crippen LogP contribution in [0.1, 0.15) is 12.5 Å². The Morgan fingerprint density at radius 1 is 1.21 bits per heavy atom. The highest BCUT2D eigenvalue weighted by molar-refractivity contribution is 5.98. The van der Waals surface area contributed by atoms with Crippen molar-refractivity contribution in [2.45, 2.75) is 6.92 Å². The van der Waals surface area contributed by atoms with Crippen LogP contribution in [0.2, 0.25) is 0 Å². The maximum Gasteiger partial charge on any atom is 0.270 e. The van der Waals surface area contributed by atoms with E-state index in [0.717, 1.165) is 0 Å². The highest BCUT2D eigenvalue weighted by Crippen LogP contribution is 2.22. The molecule has 2 aromatic carbocycles. The summed E-state index contributed by atoms with van der Waals surface area (Å²) in [7, 11) is 1.51. The number of para-hydroxylation sites is 2. The van der Waals surface area contributed by atoms with Gasteiger partial charge in [-0.3, -0.25) is 19.7 Å². The molecular weight excluding hydrogens is 362 g/mol. The zero-order valence-corrected chi connectivity index (χ0v) is 15.6. The number of amides is 2. The molecule has 0 radical (unpaired) electrons. The van der Waals surface area contributed by atoms with Gasteiger partial charge in [-0.2, -0.15) is 0 Å². The molecule has 0 fully saturated rings. The van der Waals surface area contributed by atoms with Gasteiger partial charge in [0.2, 0.25) is 11.8 Å². The molecule has 0 atom stereocenters. The van der Waals surface area contributed by atoms with E-state index >= 15 is 0 Å². The SMILES string of the molecule is CCN(CC(=O)Nc1ccccc1OC)C(=O)C=Cc1cccc([N+](=O)[O-])c1. The molecule has 2 aromatic rings. The number of nitrogens with zero attached hydrogens (tertiary/aromatic N) is 2. The van der Waals surface area contributed by atoms with Gasteiger partial charge in [0, 0.05) is 24.8 Å². The third-order valence-corrected chi connectivity index (χ3v) is 3.91. The number of carbonyl (C=O) groups excluding carboxylic acids is 2. The van der Waals surface area contributed by atoms with Gasteiger partial charge >= 0.3 is 0 Å². The molecule has 0 unspecified atom stereocenters. The summed E-state index contributed by atoms with van der Waals surface area (Å²) in [5.41, 5.74) is 0.987. The van der Waals surface area contributed by atoms with Crippen molar-refractivity contribution in [1.29, 1.82) is 0 Å².